The molecule has 1 heterocycles. The summed E-state index contributed by atoms with van der Waals surface area (Å²) < 4.78 is 10.4. The minimum Gasteiger partial charge on any atom is -0.464 e. The largest absolute Gasteiger partial charge is 0.464 e. The summed E-state index contributed by atoms with van der Waals surface area (Å²) in [4.78, 5) is 11.6. The number of hydrogen-bond acceptors (Lipinski definition) is 4. The van der Waals surface area contributed by atoms with Crippen molar-refractivity contribution in [2.45, 2.75) is 26.9 Å². The van der Waals surface area contributed by atoms with Crippen molar-refractivity contribution < 1.29 is 19.1 Å². The van der Waals surface area contributed by atoms with Crippen LogP contribution in [0.2, 0.25) is 0 Å². The summed E-state index contributed by atoms with van der Waals surface area (Å²) in [5, 5.41) is 10.9. The number of ether oxygens (including phenoxy) is 1. The number of carbonyl (C=O) groups excluding carboxylic acids is 1. The second kappa shape index (κ2) is 4.82. The van der Waals surface area contributed by atoms with Gasteiger partial charge < -0.3 is 14.3 Å². The van der Waals surface area contributed by atoms with Crippen LogP contribution in [0.15, 0.2) is 22.6 Å². The summed E-state index contributed by atoms with van der Waals surface area (Å²) >= 11 is 0. The molecule has 0 aliphatic heterocycles. The summed E-state index contributed by atoms with van der Waals surface area (Å²) in [6, 6.07) is 5.37. The first-order chi connectivity index (χ1) is 8.56. The Hall–Kier alpha value is -1.81. The highest BCUT2D eigenvalue weighted by Gasteiger charge is 2.23. The monoisotopic (exact) mass is 248 g/mol. The third kappa shape index (κ3) is 1.99. The number of aryl methyl sites for hydroxylation is 2. The lowest BCUT2D eigenvalue weighted by Crippen LogP contribution is -2.15. The number of para-hydroxylation sites is 1. The topological polar surface area (TPSA) is 59.7 Å². The molecular weight excluding hydrogens is 232 g/mol. The van der Waals surface area contributed by atoms with Crippen LogP contribution in [0.25, 0.3) is 11.0 Å². The zero-order valence-corrected chi connectivity index (χ0v) is 10.7. The first-order valence-corrected chi connectivity index (χ1v) is 5.89. The molecule has 0 amide bonds. The number of hydrogen-bond donors (Lipinski definition) is 1. The summed E-state index contributed by atoms with van der Waals surface area (Å²) in [7, 11) is 0. The fraction of sp³-hybridized carbons (Fsp3) is 0.357. The van der Waals surface area contributed by atoms with Crippen LogP contribution in [-0.2, 0) is 9.53 Å². The number of esters is 1. The molecule has 0 aliphatic rings. The molecule has 0 aliphatic carbocycles. The van der Waals surface area contributed by atoms with E-state index in [1.165, 1.54) is 0 Å². The first-order valence-electron chi connectivity index (χ1n) is 5.89. The summed E-state index contributed by atoms with van der Waals surface area (Å²) in [6.45, 7) is 5.74. The van der Waals surface area contributed by atoms with Gasteiger partial charge in [-0.25, -0.2) is 4.79 Å². The van der Waals surface area contributed by atoms with Gasteiger partial charge in [-0.15, -0.1) is 0 Å². The Morgan fingerprint density at radius 3 is 2.83 bits per heavy atom. The molecule has 1 aromatic carbocycles. The van der Waals surface area contributed by atoms with Crippen LogP contribution >= 0.6 is 0 Å². The predicted octanol–water partition coefficient (Wildman–Crippen LogP) is 2.65. The maximum Gasteiger partial charge on any atom is 0.339 e. The Labute approximate surface area is 105 Å². The van der Waals surface area contributed by atoms with Crippen molar-refractivity contribution in [3.8, 4) is 0 Å². The van der Waals surface area contributed by atoms with Gasteiger partial charge in [-0.2, -0.15) is 0 Å². The van der Waals surface area contributed by atoms with Crippen LogP contribution in [0.3, 0.4) is 0 Å². The van der Waals surface area contributed by atoms with Crippen LogP contribution in [0, 0.1) is 13.8 Å². The molecule has 0 bridgehead atoms. The first kappa shape index (κ1) is 12.6. The fourth-order valence-corrected chi connectivity index (χ4v) is 1.95. The van der Waals surface area contributed by atoms with Crippen LogP contribution in [-0.4, -0.2) is 17.7 Å². The van der Waals surface area contributed by atoms with Gasteiger partial charge in [-0.1, -0.05) is 18.2 Å². The molecule has 4 heteroatoms. The molecule has 0 spiro atoms. The smallest absolute Gasteiger partial charge is 0.339 e. The second-order valence-electron chi connectivity index (χ2n) is 4.16. The number of benzene rings is 1. The molecule has 1 unspecified atom stereocenters. The lowest BCUT2D eigenvalue weighted by Gasteiger charge is -2.10. The molecule has 0 radical (unpaired) electrons. The van der Waals surface area contributed by atoms with E-state index < -0.39 is 12.1 Å². The van der Waals surface area contributed by atoms with E-state index in [2.05, 4.69) is 0 Å². The Morgan fingerprint density at radius 2 is 2.17 bits per heavy atom. The predicted molar refractivity (Wildman–Crippen MR) is 67.3 cm³/mol. The van der Waals surface area contributed by atoms with E-state index in [1.54, 1.807) is 19.1 Å². The maximum absolute atomic E-state index is 11.6. The van der Waals surface area contributed by atoms with E-state index in [1.807, 2.05) is 19.9 Å². The summed E-state index contributed by atoms with van der Waals surface area (Å²) in [5.74, 6) is 0.130. The van der Waals surface area contributed by atoms with Gasteiger partial charge in [0.15, 0.2) is 6.10 Å². The number of furan rings is 1. The minimum atomic E-state index is -1.31. The van der Waals surface area contributed by atoms with Crippen molar-refractivity contribution in [1.82, 2.24) is 0 Å². The minimum absolute atomic E-state index is 0.238. The number of carbonyl (C=O) groups is 1. The average molecular weight is 248 g/mol. The molecule has 1 N–H and O–H groups in total. The Balaban J connectivity index is 2.51. The highest BCUT2D eigenvalue weighted by molar-refractivity contribution is 5.89. The van der Waals surface area contributed by atoms with Crippen molar-refractivity contribution in [3.05, 3.63) is 35.1 Å². The lowest BCUT2D eigenvalue weighted by atomic mass is 10.0. The Kier molecular flexibility index (Phi) is 3.39. The van der Waals surface area contributed by atoms with Gasteiger partial charge in [-0.05, 0) is 26.3 Å². The van der Waals surface area contributed by atoms with E-state index in [0.717, 1.165) is 16.7 Å². The highest BCUT2D eigenvalue weighted by Crippen LogP contribution is 2.31. The Bertz CT molecular complexity index is 583. The molecule has 2 rings (SSSR count). The number of rotatable bonds is 3. The Morgan fingerprint density at radius 1 is 1.44 bits per heavy atom. The number of aliphatic hydroxyl groups is 1. The van der Waals surface area contributed by atoms with Gasteiger partial charge in [0.2, 0.25) is 0 Å². The number of aliphatic hydroxyl groups excluding tert-OH is 1. The van der Waals surface area contributed by atoms with Crippen molar-refractivity contribution >= 4 is 16.9 Å². The molecule has 0 saturated heterocycles. The van der Waals surface area contributed by atoms with Gasteiger partial charge in [-0.3, -0.25) is 0 Å². The van der Waals surface area contributed by atoms with Crippen LogP contribution in [0.5, 0.6) is 0 Å². The van der Waals surface area contributed by atoms with Crippen molar-refractivity contribution in [3.63, 3.8) is 0 Å². The zero-order chi connectivity index (χ0) is 13.3. The third-order valence-corrected chi connectivity index (χ3v) is 3.04. The third-order valence-electron chi connectivity index (χ3n) is 3.04. The summed E-state index contributed by atoms with van der Waals surface area (Å²) in [5.41, 5.74) is 2.01. The van der Waals surface area contributed by atoms with Gasteiger partial charge in [0.25, 0.3) is 0 Å². The van der Waals surface area contributed by atoms with Crippen molar-refractivity contribution in [2.75, 3.05) is 6.61 Å². The van der Waals surface area contributed by atoms with Crippen LogP contribution < -0.4 is 0 Å². The van der Waals surface area contributed by atoms with Gasteiger partial charge in [0, 0.05) is 10.9 Å². The molecule has 0 saturated carbocycles. The SMILES string of the molecule is CCOC(=O)C(O)c1cccc2c(C)c(C)oc12. The van der Waals surface area contributed by atoms with Crippen molar-refractivity contribution in [1.29, 1.82) is 0 Å². The van der Waals surface area contributed by atoms with E-state index in [4.69, 9.17) is 9.15 Å². The quantitative estimate of drug-likeness (QED) is 0.848. The van der Waals surface area contributed by atoms with Gasteiger partial charge in [0.1, 0.15) is 11.3 Å². The molecule has 0 fully saturated rings. The standard InChI is InChI=1S/C14H16O4/c1-4-17-14(16)12(15)11-7-5-6-10-8(2)9(3)18-13(10)11/h5-7,12,15H,4H2,1-3H3. The maximum atomic E-state index is 11.6. The normalized spacial score (nSPS) is 12.7. The zero-order valence-electron chi connectivity index (χ0n) is 10.7. The molecule has 1 atom stereocenters. The molecule has 2 aromatic rings. The lowest BCUT2D eigenvalue weighted by molar-refractivity contribution is -0.153. The molecule has 4 nitrogen and oxygen atoms in total. The molecule has 18 heavy (non-hydrogen) atoms. The van der Waals surface area contributed by atoms with E-state index in [9.17, 15) is 9.90 Å². The van der Waals surface area contributed by atoms with E-state index in [-0.39, 0.29) is 6.61 Å². The van der Waals surface area contributed by atoms with E-state index in [0.29, 0.717) is 11.1 Å². The second-order valence-corrected chi connectivity index (χ2v) is 4.16. The van der Waals surface area contributed by atoms with Crippen LogP contribution in [0.4, 0.5) is 0 Å². The van der Waals surface area contributed by atoms with Gasteiger partial charge >= 0.3 is 5.97 Å². The summed E-state index contributed by atoms with van der Waals surface area (Å²) in [6.07, 6.45) is -1.31. The molecule has 96 valence electrons. The molecule has 1 aromatic heterocycles. The highest BCUT2D eigenvalue weighted by atomic mass is 16.5. The number of fused-ring (bicyclic) bond motifs is 1. The van der Waals surface area contributed by atoms with Crippen LogP contribution in [0.1, 0.15) is 29.9 Å². The molecular formula is C14H16O4. The van der Waals surface area contributed by atoms with E-state index >= 15 is 0 Å². The van der Waals surface area contributed by atoms with Crippen molar-refractivity contribution in [2.24, 2.45) is 0 Å². The fourth-order valence-electron chi connectivity index (χ4n) is 1.95. The average Bonchev–Trinajstić information content (AvgIpc) is 2.65. The van der Waals surface area contributed by atoms with Gasteiger partial charge in [0.05, 0.1) is 6.61 Å².